The van der Waals surface area contributed by atoms with E-state index < -0.39 is 11.2 Å². The first-order valence-electron chi connectivity index (χ1n) is 4.28. The van der Waals surface area contributed by atoms with Crippen molar-refractivity contribution in [3.8, 4) is 5.19 Å². The molecule has 8 heteroatoms. The number of hydrogen-bond donors (Lipinski definition) is 1. The maximum Gasteiger partial charge on any atom is 0.445 e. The number of alkyl halides is 3. The van der Waals surface area contributed by atoms with Crippen molar-refractivity contribution in [2.75, 3.05) is 19.7 Å². The van der Waals surface area contributed by atoms with Crippen LogP contribution >= 0.6 is 11.3 Å². The first-order chi connectivity index (χ1) is 7.04. The van der Waals surface area contributed by atoms with Crippen LogP contribution < -0.4 is 10.1 Å². The van der Waals surface area contributed by atoms with E-state index in [1.165, 1.54) is 0 Å². The number of rotatable bonds is 5. The van der Waals surface area contributed by atoms with Crippen LogP contribution in [0.5, 0.6) is 5.19 Å². The van der Waals surface area contributed by atoms with Gasteiger partial charge in [0.1, 0.15) is 6.61 Å². The zero-order valence-electron chi connectivity index (χ0n) is 7.97. The summed E-state index contributed by atoms with van der Waals surface area (Å²) in [5, 5.41) is 8.19. The van der Waals surface area contributed by atoms with Crippen molar-refractivity contribution in [2.24, 2.45) is 0 Å². The molecule has 0 radical (unpaired) electrons. The lowest BCUT2D eigenvalue weighted by molar-refractivity contribution is -0.138. The largest absolute Gasteiger partial charge is 0.468 e. The van der Waals surface area contributed by atoms with Gasteiger partial charge in [-0.15, -0.1) is 5.10 Å². The summed E-state index contributed by atoms with van der Waals surface area (Å²) in [6.07, 6.45) is -4.44. The van der Waals surface area contributed by atoms with Crippen molar-refractivity contribution < 1.29 is 17.9 Å². The predicted octanol–water partition coefficient (Wildman–Crippen LogP) is 1.55. The average Bonchev–Trinajstić information content (AvgIpc) is 2.60. The van der Waals surface area contributed by atoms with Gasteiger partial charge in [-0.25, -0.2) is 0 Å². The molecule has 1 rings (SSSR count). The quantitative estimate of drug-likeness (QED) is 0.794. The standard InChI is InChI=1S/C7H10F3N3OS/c1-2-11-3-4-14-6-13-12-5(15-6)7(8,9)10/h11H,2-4H2,1H3. The summed E-state index contributed by atoms with van der Waals surface area (Å²) in [5.41, 5.74) is 0. The van der Waals surface area contributed by atoms with E-state index in [9.17, 15) is 13.2 Å². The van der Waals surface area contributed by atoms with Gasteiger partial charge in [0, 0.05) is 6.54 Å². The van der Waals surface area contributed by atoms with E-state index in [4.69, 9.17) is 4.74 Å². The Morgan fingerprint density at radius 3 is 2.67 bits per heavy atom. The van der Waals surface area contributed by atoms with Gasteiger partial charge in [-0.2, -0.15) is 13.2 Å². The Balaban J connectivity index is 2.40. The van der Waals surface area contributed by atoms with Crippen molar-refractivity contribution in [2.45, 2.75) is 13.1 Å². The first-order valence-corrected chi connectivity index (χ1v) is 5.10. The number of likely N-dealkylation sites (N-methyl/N-ethyl adjacent to an activating group) is 1. The highest BCUT2D eigenvalue weighted by atomic mass is 32.1. The van der Waals surface area contributed by atoms with Crippen LogP contribution in [0.4, 0.5) is 13.2 Å². The summed E-state index contributed by atoms with van der Waals surface area (Å²) in [5.74, 6) is 0. The van der Waals surface area contributed by atoms with Gasteiger partial charge in [-0.05, 0) is 6.54 Å². The van der Waals surface area contributed by atoms with Gasteiger partial charge in [0.05, 0.1) is 0 Å². The van der Waals surface area contributed by atoms with E-state index >= 15 is 0 Å². The maximum atomic E-state index is 12.1. The molecule has 0 unspecified atom stereocenters. The number of ether oxygens (including phenoxy) is 1. The molecule has 86 valence electrons. The van der Waals surface area contributed by atoms with Gasteiger partial charge >= 0.3 is 6.18 Å². The van der Waals surface area contributed by atoms with Crippen LogP contribution in [-0.2, 0) is 6.18 Å². The number of aromatic nitrogens is 2. The van der Waals surface area contributed by atoms with Gasteiger partial charge in [0.15, 0.2) is 0 Å². The van der Waals surface area contributed by atoms with Crippen LogP contribution in [0.1, 0.15) is 11.9 Å². The number of hydrogen-bond acceptors (Lipinski definition) is 5. The maximum absolute atomic E-state index is 12.1. The Morgan fingerprint density at radius 2 is 2.13 bits per heavy atom. The molecule has 0 bridgehead atoms. The minimum absolute atomic E-state index is 0.0553. The molecule has 0 saturated carbocycles. The van der Waals surface area contributed by atoms with Gasteiger partial charge in [0.2, 0.25) is 5.01 Å². The second-order valence-electron chi connectivity index (χ2n) is 2.57. The summed E-state index contributed by atoms with van der Waals surface area (Å²) in [6.45, 7) is 3.55. The molecule has 1 heterocycles. The number of nitrogens with zero attached hydrogens (tertiary/aromatic N) is 2. The summed E-state index contributed by atoms with van der Waals surface area (Å²) in [4.78, 5) is 0. The lowest BCUT2D eigenvalue weighted by Gasteiger charge is -2.01. The third-order valence-electron chi connectivity index (χ3n) is 1.40. The van der Waals surface area contributed by atoms with Crippen LogP contribution in [-0.4, -0.2) is 29.9 Å². The minimum Gasteiger partial charge on any atom is -0.468 e. The Hall–Kier alpha value is -0.890. The molecule has 1 N–H and O–H groups in total. The summed E-state index contributed by atoms with van der Waals surface area (Å²) in [6, 6.07) is 0. The van der Waals surface area contributed by atoms with Crippen LogP contribution in [0.2, 0.25) is 0 Å². The van der Waals surface area contributed by atoms with Crippen molar-refractivity contribution >= 4 is 11.3 Å². The summed E-state index contributed by atoms with van der Waals surface area (Å²) < 4.78 is 41.2. The molecular formula is C7H10F3N3OS. The fraction of sp³-hybridized carbons (Fsp3) is 0.714. The van der Waals surface area contributed by atoms with Crippen LogP contribution in [0.25, 0.3) is 0 Å². The van der Waals surface area contributed by atoms with Crippen molar-refractivity contribution in [1.82, 2.24) is 15.5 Å². The number of halogens is 3. The Labute approximate surface area is 88.5 Å². The molecule has 1 aromatic heterocycles. The highest BCUT2D eigenvalue weighted by molar-refractivity contribution is 7.13. The van der Waals surface area contributed by atoms with E-state index in [-0.39, 0.29) is 11.8 Å². The van der Waals surface area contributed by atoms with Crippen LogP contribution in [0, 0.1) is 0 Å². The van der Waals surface area contributed by atoms with E-state index in [2.05, 4.69) is 15.5 Å². The monoisotopic (exact) mass is 241 g/mol. The fourth-order valence-electron chi connectivity index (χ4n) is 0.770. The molecule has 0 aliphatic rings. The zero-order chi connectivity index (χ0) is 11.3. The van der Waals surface area contributed by atoms with Gasteiger partial charge in [-0.1, -0.05) is 23.4 Å². The van der Waals surface area contributed by atoms with Gasteiger partial charge in [-0.3, -0.25) is 0 Å². The highest BCUT2D eigenvalue weighted by Gasteiger charge is 2.35. The second kappa shape index (κ2) is 5.26. The van der Waals surface area contributed by atoms with Crippen molar-refractivity contribution in [3.63, 3.8) is 0 Å². The topological polar surface area (TPSA) is 47.0 Å². The molecule has 0 fully saturated rings. The Bertz CT molecular complexity index is 302. The lowest BCUT2D eigenvalue weighted by Crippen LogP contribution is -2.20. The van der Waals surface area contributed by atoms with E-state index in [1.54, 1.807) is 0 Å². The Kier molecular flexibility index (Phi) is 4.28. The molecule has 4 nitrogen and oxygen atoms in total. The van der Waals surface area contributed by atoms with Crippen LogP contribution in [0.3, 0.4) is 0 Å². The van der Waals surface area contributed by atoms with Gasteiger partial charge < -0.3 is 10.1 Å². The predicted molar refractivity (Wildman–Crippen MR) is 48.9 cm³/mol. The molecule has 1 aromatic rings. The first kappa shape index (κ1) is 12.2. The fourth-order valence-corrected chi connectivity index (χ4v) is 1.36. The van der Waals surface area contributed by atoms with Crippen LogP contribution in [0.15, 0.2) is 0 Å². The van der Waals surface area contributed by atoms with E-state index in [1.807, 2.05) is 6.92 Å². The molecule has 0 aliphatic carbocycles. The minimum atomic E-state index is -4.44. The molecule has 0 aliphatic heterocycles. The molecule has 0 spiro atoms. The summed E-state index contributed by atoms with van der Waals surface area (Å²) >= 11 is 0.401. The molecule has 0 saturated heterocycles. The molecule has 15 heavy (non-hydrogen) atoms. The molecule has 0 aromatic carbocycles. The Morgan fingerprint density at radius 1 is 1.40 bits per heavy atom. The SMILES string of the molecule is CCNCCOc1nnc(C(F)(F)F)s1. The molecule has 0 amide bonds. The number of nitrogens with one attached hydrogen (secondary N) is 1. The lowest BCUT2D eigenvalue weighted by atomic mass is 10.6. The molecule has 0 atom stereocenters. The average molecular weight is 241 g/mol. The van der Waals surface area contributed by atoms with Crippen molar-refractivity contribution in [3.05, 3.63) is 5.01 Å². The van der Waals surface area contributed by atoms with Gasteiger partial charge in [0.25, 0.3) is 5.19 Å². The van der Waals surface area contributed by atoms with E-state index in [0.29, 0.717) is 17.9 Å². The van der Waals surface area contributed by atoms with E-state index in [0.717, 1.165) is 6.54 Å². The third kappa shape index (κ3) is 4.00. The highest BCUT2D eigenvalue weighted by Crippen LogP contribution is 2.33. The third-order valence-corrected chi connectivity index (χ3v) is 2.28. The van der Waals surface area contributed by atoms with Crippen molar-refractivity contribution in [1.29, 1.82) is 0 Å². The zero-order valence-corrected chi connectivity index (χ0v) is 8.78. The smallest absolute Gasteiger partial charge is 0.445 e. The normalized spacial score (nSPS) is 11.7. The molecular weight excluding hydrogens is 231 g/mol. The summed E-state index contributed by atoms with van der Waals surface area (Å²) in [7, 11) is 0. The second-order valence-corrected chi connectivity index (χ2v) is 3.51.